The van der Waals surface area contributed by atoms with E-state index >= 15 is 0 Å². The van der Waals surface area contributed by atoms with Crippen molar-refractivity contribution in [3.63, 3.8) is 0 Å². The number of carbonyl (C=O) groups excluding carboxylic acids is 1. The first-order chi connectivity index (χ1) is 9.69. The lowest BCUT2D eigenvalue weighted by molar-refractivity contribution is -0.124. The minimum atomic E-state index is -0.500. The van der Waals surface area contributed by atoms with Crippen LogP contribution in [-0.4, -0.2) is 17.6 Å². The summed E-state index contributed by atoms with van der Waals surface area (Å²) in [6, 6.07) is 16.9. The molecule has 4 heteroatoms. The van der Waals surface area contributed by atoms with E-state index in [0.29, 0.717) is 0 Å². The monoisotopic (exact) mass is 271 g/mol. The molecule has 0 aliphatic rings. The molecular weight excluding hydrogens is 254 g/mol. The van der Waals surface area contributed by atoms with Crippen molar-refractivity contribution in [3.05, 3.63) is 60.2 Å². The summed E-state index contributed by atoms with van der Waals surface area (Å²) < 4.78 is 5.69. The molecule has 0 radical (unpaired) electrons. The van der Waals surface area contributed by atoms with Gasteiger partial charge in [-0.05, 0) is 36.8 Å². The number of aliphatic hydroxyl groups is 1. The Bertz CT molecular complexity index is 552. The number of para-hydroxylation sites is 1. The number of aliphatic hydroxyl groups excluding tert-OH is 1. The Morgan fingerprint density at radius 3 is 2.30 bits per heavy atom. The Morgan fingerprint density at radius 1 is 1.10 bits per heavy atom. The third-order valence-electron chi connectivity index (χ3n) is 2.88. The van der Waals surface area contributed by atoms with Crippen LogP contribution in [0.3, 0.4) is 0 Å². The average molecular weight is 271 g/mol. The summed E-state index contributed by atoms with van der Waals surface area (Å²) in [6.07, 6.45) is 0. The molecular formula is C16H17NO3. The lowest BCUT2D eigenvalue weighted by Gasteiger charge is -2.14. The summed E-state index contributed by atoms with van der Waals surface area (Å²) in [6.45, 7) is 1.36. The van der Waals surface area contributed by atoms with Crippen LogP contribution in [0.2, 0.25) is 0 Å². The fraction of sp³-hybridized carbons (Fsp3) is 0.188. The van der Waals surface area contributed by atoms with Gasteiger partial charge in [0.1, 0.15) is 18.1 Å². The highest BCUT2D eigenvalue weighted by Gasteiger charge is 2.08. The van der Waals surface area contributed by atoms with E-state index in [2.05, 4.69) is 5.32 Å². The fourth-order valence-corrected chi connectivity index (χ4v) is 1.82. The molecule has 0 spiro atoms. The van der Waals surface area contributed by atoms with E-state index < -0.39 is 6.61 Å². The zero-order valence-electron chi connectivity index (χ0n) is 11.2. The number of amides is 1. The molecule has 104 valence electrons. The van der Waals surface area contributed by atoms with Crippen molar-refractivity contribution in [1.82, 2.24) is 5.32 Å². The zero-order chi connectivity index (χ0) is 14.4. The summed E-state index contributed by atoms with van der Waals surface area (Å²) >= 11 is 0. The van der Waals surface area contributed by atoms with Crippen LogP contribution in [0.4, 0.5) is 0 Å². The van der Waals surface area contributed by atoms with E-state index in [0.717, 1.165) is 17.1 Å². The van der Waals surface area contributed by atoms with Crippen LogP contribution in [0.25, 0.3) is 0 Å². The van der Waals surface area contributed by atoms with Gasteiger partial charge in [-0.25, -0.2) is 0 Å². The summed E-state index contributed by atoms with van der Waals surface area (Å²) in [5.41, 5.74) is 0.951. The molecule has 1 amide bonds. The minimum absolute atomic E-state index is 0.152. The Labute approximate surface area is 118 Å². The topological polar surface area (TPSA) is 58.6 Å². The van der Waals surface area contributed by atoms with Gasteiger partial charge in [-0.1, -0.05) is 30.3 Å². The second kappa shape index (κ2) is 6.73. The van der Waals surface area contributed by atoms with Crippen molar-refractivity contribution < 1.29 is 14.6 Å². The van der Waals surface area contributed by atoms with E-state index in [1.165, 1.54) is 0 Å². The van der Waals surface area contributed by atoms with Crippen LogP contribution in [0.15, 0.2) is 54.6 Å². The predicted molar refractivity (Wildman–Crippen MR) is 76.6 cm³/mol. The summed E-state index contributed by atoms with van der Waals surface area (Å²) in [7, 11) is 0. The van der Waals surface area contributed by atoms with Gasteiger partial charge in [0.2, 0.25) is 5.91 Å². The molecule has 20 heavy (non-hydrogen) atoms. The molecule has 2 rings (SSSR count). The quantitative estimate of drug-likeness (QED) is 0.879. The highest BCUT2D eigenvalue weighted by atomic mass is 16.5. The highest BCUT2D eigenvalue weighted by Crippen LogP contribution is 2.23. The molecule has 4 nitrogen and oxygen atoms in total. The first-order valence-corrected chi connectivity index (χ1v) is 6.42. The van der Waals surface area contributed by atoms with Crippen LogP contribution in [0.1, 0.15) is 18.5 Å². The van der Waals surface area contributed by atoms with Gasteiger partial charge in [-0.15, -0.1) is 0 Å². The Morgan fingerprint density at radius 2 is 1.70 bits per heavy atom. The van der Waals surface area contributed by atoms with Gasteiger partial charge in [-0.2, -0.15) is 0 Å². The number of benzene rings is 2. The van der Waals surface area contributed by atoms with Crippen molar-refractivity contribution >= 4 is 5.91 Å². The maximum absolute atomic E-state index is 11.1. The first-order valence-electron chi connectivity index (χ1n) is 6.42. The normalized spacial score (nSPS) is 11.7. The Hall–Kier alpha value is -2.33. The van der Waals surface area contributed by atoms with Gasteiger partial charge in [0, 0.05) is 0 Å². The summed E-state index contributed by atoms with van der Waals surface area (Å²) in [4.78, 5) is 11.1. The van der Waals surface area contributed by atoms with Crippen molar-refractivity contribution in [2.75, 3.05) is 6.61 Å². The molecule has 0 saturated heterocycles. The van der Waals surface area contributed by atoms with E-state index in [-0.39, 0.29) is 11.9 Å². The first kappa shape index (κ1) is 14.1. The maximum atomic E-state index is 11.1. The van der Waals surface area contributed by atoms with E-state index in [9.17, 15) is 4.79 Å². The summed E-state index contributed by atoms with van der Waals surface area (Å²) in [5.74, 6) is 1.13. The minimum Gasteiger partial charge on any atom is -0.457 e. The van der Waals surface area contributed by atoms with Gasteiger partial charge in [-0.3, -0.25) is 4.79 Å². The molecule has 1 atom stereocenters. The van der Waals surface area contributed by atoms with Gasteiger partial charge in [0.05, 0.1) is 6.04 Å². The Balaban J connectivity index is 2.01. The third kappa shape index (κ3) is 3.83. The number of hydrogen-bond acceptors (Lipinski definition) is 3. The average Bonchev–Trinajstić information content (AvgIpc) is 2.49. The number of carbonyl (C=O) groups is 1. The van der Waals surface area contributed by atoms with Gasteiger partial charge in [0.15, 0.2) is 0 Å². The van der Waals surface area contributed by atoms with Gasteiger partial charge < -0.3 is 15.2 Å². The van der Waals surface area contributed by atoms with Gasteiger partial charge >= 0.3 is 0 Å². The smallest absolute Gasteiger partial charge is 0.246 e. The maximum Gasteiger partial charge on any atom is 0.246 e. The standard InChI is InChI=1S/C16H17NO3/c1-12(17-16(19)11-18)13-7-9-15(10-8-13)20-14-5-3-2-4-6-14/h2-10,12,18H,11H2,1H3,(H,17,19). The second-order valence-electron chi connectivity index (χ2n) is 4.43. The lowest BCUT2D eigenvalue weighted by atomic mass is 10.1. The highest BCUT2D eigenvalue weighted by molar-refractivity contribution is 5.77. The molecule has 2 aromatic carbocycles. The summed E-state index contributed by atoms with van der Waals surface area (Å²) in [5, 5.41) is 11.4. The number of rotatable bonds is 5. The molecule has 2 aromatic rings. The molecule has 1 unspecified atom stereocenters. The molecule has 0 aliphatic heterocycles. The van der Waals surface area contributed by atoms with E-state index in [1.807, 2.05) is 61.5 Å². The largest absolute Gasteiger partial charge is 0.457 e. The number of hydrogen-bond donors (Lipinski definition) is 2. The molecule has 0 aliphatic carbocycles. The van der Waals surface area contributed by atoms with E-state index in [4.69, 9.17) is 9.84 Å². The molecule has 0 bridgehead atoms. The van der Waals surface area contributed by atoms with Crippen molar-refractivity contribution in [2.24, 2.45) is 0 Å². The van der Waals surface area contributed by atoms with Crippen molar-refractivity contribution in [1.29, 1.82) is 0 Å². The number of ether oxygens (including phenoxy) is 1. The lowest BCUT2D eigenvalue weighted by Crippen LogP contribution is -2.28. The van der Waals surface area contributed by atoms with Crippen LogP contribution in [-0.2, 0) is 4.79 Å². The Kier molecular flexibility index (Phi) is 4.74. The molecule has 2 N–H and O–H groups in total. The van der Waals surface area contributed by atoms with Crippen LogP contribution >= 0.6 is 0 Å². The third-order valence-corrected chi connectivity index (χ3v) is 2.88. The van der Waals surface area contributed by atoms with Crippen LogP contribution < -0.4 is 10.1 Å². The van der Waals surface area contributed by atoms with E-state index in [1.54, 1.807) is 0 Å². The fourth-order valence-electron chi connectivity index (χ4n) is 1.82. The van der Waals surface area contributed by atoms with Crippen molar-refractivity contribution in [3.8, 4) is 11.5 Å². The zero-order valence-corrected chi connectivity index (χ0v) is 11.2. The molecule has 0 saturated carbocycles. The SMILES string of the molecule is CC(NC(=O)CO)c1ccc(Oc2ccccc2)cc1. The molecule has 0 heterocycles. The molecule has 0 aromatic heterocycles. The number of nitrogens with one attached hydrogen (secondary N) is 1. The second-order valence-corrected chi connectivity index (χ2v) is 4.43. The predicted octanol–water partition coefficient (Wildman–Crippen LogP) is 2.65. The van der Waals surface area contributed by atoms with Crippen LogP contribution in [0, 0.1) is 0 Å². The molecule has 0 fully saturated rings. The van der Waals surface area contributed by atoms with Gasteiger partial charge in [0.25, 0.3) is 0 Å². The van der Waals surface area contributed by atoms with Crippen molar-refractivity contribution in [2.45, 2.75) is 13.0 Å². The van der Waals surface area contributed by atoms with Crippen LogP contribution in [0.5, 0.6) is 11.5 Å².